The molecule has 2 N–H and O–H groups in total. The maximum atomic E-state index is 13.8. The fourth-order valence-corrected chi connectivity index (χ4v) is 4.82. The van der Waals surface area contributed by atoms with Crippen LogP contribution in [0.5, 0.6) is 11.5 Å². The van der Waals surface area contributed by atoms with Gasteiger partial charge in [0.1, 0.15) is 38.1 Å². The topological polar surface area (TPSA) is 70.8 Å². The molecule has 5 rings (SSSR count). The summed E-state index contributed by atoms with van der Waals surface area (Å²) in [6.07, 6.45) is -6.13. The van der Waals surface area contributed by atoms with Crippen LogP contribution in [0.3, 0.4) is 0 Å². The van der Waals surface area contributed by atoms with Crippen LogP contribution in [0.25, 0.3) is 0 Å². The Morgan fingerprint density at radius 1 is 1.00 bits per heavy atom. The number of carbonyl (C=O) groups excluding carboxylic acids is 1. The molecule has 0 spiro atoms. The Morgan fingerprint density at radius 2 is 1.67 bits per heavy atom. The van der Waals surface area contributed by atoms with Gasteiger partial charge in [0, 0.05) is 17.2 Å². The van der Waals surface area contributed by atoms with E-state index >= 15 is 0 Å². The zero-order valence-electron chi connectivity index (χ0n) is 19.0. The van der Waals surface area contributed by atoms with Crippen molar-refractivity contribution in [2.75, 3.05) is 26.3 Å². The molecule has 1 saturated heterocycles. The van der Waals surface area contributed by atoms with E-state index in [0.29, 0.717) is 41.0 Å². The van der Waals surface area contributed by atoms with Gasteiger partial charge in [0.2, 0.25) is 0 Å². The average molecular weight is 520 g/mol. The first-order chi connectivity index (χ1) is 17.2. The van der Waals surface area contributed by atoms with Gasteiger partial charge in [0.25, 0.3) is 0 Å². The number of fused-ring (bicyclic) bond motifs is 1. The molecule has 2 aliphatic rings. The maximum absolute atomic E-state index is 13.8. The van der Waals surface area contributed by atoms with Crippen molar-refractivity contribution in [1.82, 2.24) is 4.48 Å². The number of urea groups is 1. The average Bonchev–Trinajstić information content (AvgIpc) is 2.83. The highest BCUT2D eigenvalue weighted by molar-refractivity contribution is 6.30. The molecule has 188 valence electrons. The number of carbonyl (C=O) groups is 1. The van der Waals surface area contributed by atoms with Gasteiger partial charge in [0.05, 0.1) is 5.56 Å². The fraction of sp³-hybridized carbons (Fsp3) is 0.269. The van der Waals surface area contributed by atoms with Crippen molar-refractivity contribution in [3.63, 3.8) is 0 Å². The van der Waals surface area contributed by atoms with E-state index in [9.17, 15) is 18.0 Å². The number of rotatable bonds is 5. The quantitative estimate of drug-likeness (QED) is 0.439. The lowest BCUT2D eigenvalue weighted by molar-refractivity contribution is -0.140. The van der Waals surface area contributed by atoms with Crippen molar-refractivity contribution < 1.29 is 32.2 Å². The van der Waals surface area contributed by atoms with Gasteiger partial charge in [0.15, 0.2) is 17.6 Å². The van der Waals surface area contributed by atoms with Crippen LogP contribution in [0.1, 0.15) is 22.8 Å². The van der Waals surface area contributed by atoms with Crippen LogP contribution in [0.2, 0.25) is 5.02 Å². The number of nitrogens with zero attached hydrogens (tertiary/aromatic N) is 1. The van der Waals surface area contributed by atoms with E-state index in [4.69, 9.17) is 31.5 Å². The minimum absolute atomic E-state index is 0.0178. The smallest absolute Gasteiger partial charge is 0.419 e. The summed E-state index contributed by atoms with van der Waals surface area (Å²) in [5.41, 5.74) is 6.11. The first-order valence-corrected chi connectivity index (χ1v) is 11.7. The summed E-state index contributed by atoms with van der Waals surface area (Å²) in [7, 11) is 0. The van der Waals surface area contributed by atoms with Crippen LogP contribution in [0, 0.1) is 0 Å². The predicted molar refractivity (Wildman–Crippen MR) is 128 cm³/mol. The third-order valence-corrected chi connectivity index (χ3v) is 6.77. The number of primary amides is 1. The van der Waals surface area contributed by atoms with E-state index in [-0.39, 0.29) is 23.1 Å². The molecule has 3 aromatic carbocycles. The van der Waals surface area contributed by atoms with E-state index in [1.54, 1.807) is 42.5 Å². The molecule has 6 nitrogen and oxygen atoms in total. The number of likely N-dealkylation sites (tertiary alicyclic amines) is 1. The Kier molecular flexibility index (Phi) is 6.32. The van der Waals surface area contributed by atoms with Crippen molar-refractivity contribution in [3.8, 4) is 11.5 Å². The summed E-state index contributed by atoms with van der Waals surface area (Å²) in [6, 6.07) is 16.4. The van der Waals surface area contributed by atoms with Crippen molar-refractivity contribution in [2.45, 2.75) is 18.4 Å². The molecule has 0 radical (unpaired) electrons. The number of benzene rings is 3. The largest absolute Gasteiger partial charge is 0.486 e. The van der Waals surface area contributed by atoms with Crippen LogP contribution in [-0.4, -0.2) is 38.4 Å². The summed E-state index contributed by atoms with van der Waals surface area (Å²) >= 11 is 6.01. The Bertz CT molecular complexity index is 1280. The van der Waals surface area contributed by atoms with Gasteiger partial charge in [-0.25, -0.2) is 9.28 Å². The Hall–Kier alpha value is -3.27. The molecular weight excluding hydrogens is 497 g/mol. The Labute approximate surface area is 210 Å². The van der Waals surface area contributed by atoms with Crippen LogP contribution in [0.15, 0.2) is 66.7 Å². The highest BCUT2D eigenvalue weighted by atomic mass is 35.5. The maximum Gasteiger partial charge on any atom is 0.419 e. The molecule has 10 heteroatoms. The Balaban J connectivity index is 1.45. The summed E-state index contributed by atoms with van der Waals surface area (Å²) in [4.78, 5) is 12.6. The molecule has 36 heavy (non-hydrogen) atoms. The van der Waals surface area contributed by atoms with Crippen molar-refractivity contribution in [1.29, 1.82) is 0 Å². The fourth-order valence-electron chi connectivity index (χ4n) is 4.69. The monoisotopic (exact) mass is 519 g/mol. The van der Waals surface area contributed by atoms with Gasteiger partial charge in [-0.1, -0.05) is 41.9 Å². The second kappa shape index (κ2) is 9.31. The molecule has 0 aliphatic carbocycles. The molecule has 1 atom stereocenters. The number of alkyl halides is 3. The van der Waals surface area contributed by atoms with E-state index in [2.05, 4.69) is 0 Å². The van der Waals surface area contributed by atoms with Crippen LogP contribution in [-0.2, 0) is 10.9 Å². The van der Waals surface area contributed by atoms with Gasteiger partial charge < -0.3 is 19.9 Å². The highest BCUT2D eigenvalue weighted by Crippen LogP contribution is 2.43. The minimum atomic E-state index is -4.57. The van der Waals surface area contributed by atoms with Crippen molar-refractivity contribution in [3.05, 3.63) is 88.4 Å². The molecule has 0 saturated carbocycles. The molecule has 1 fully saturated rings. The standard InChI is InChI=1S/C26H22ClF3N2O4/c27-17-7-5-16(6-8-17)24(20-3-1-2-4-21(20)26(28,29)30)36-19-14-32(15-19,25(31)33)18-9-10-22-23(13-18)35-12-11-34-22/h1-10,13,19,24H,11-12,14-15H2,(H-,31,33)/p+1. The molecule has 2 amide bonds. The van der Waals surface area contributed by atoms with Crippen LogP contribution < -0.4 is 19.7 Å². The second-order valence-electron chi connectivity index (χ2n) is 8.77. The number of ether oxygens (including phenoxy) is 3. The van der Waals surface area contributed by atoms with Gasteiger partial charge >= 0.3 is 12.2 Å². The highest BCUT2D eigenvalue weighted by Gasteiger charge is 2.53. The molecule has 2 aliphatic heterocycles. The lowest BCUT2D eigenvalue weighted by Crippen LogP contribution is -2.73. The molecule has 2 heterocycles. The Morgan fingerprint density at radius 3 is 2.33 bits per heavy atom. The number of hydrogen-bond donors (Lipinski definition) is 1. The number of nitrogens with two attached hydrogens (primary N) is 1. The summed E-state index contributed by atoms with van der Waals surface area (Å²) in [5.74, 6) is 1.09. The van der Waals surface area contributed by atoms with Crippen LogP contribution in [0.4, 0.5) is 23.7 Å². The second-order valence-corrected chi connectivity index (χ2v) is 9.21. The molecular formula is C26H23ClF3N2O4+. The first-order valence-electron chi connectivity index (χ1n) is 11.3. The number of amides is 2. The molecule has 0 bridgehead atoms. The third kappa shape index (κ3) is 4.50. The van der Waals surface area contributed by atoms with Gasteiger partial charge in [-0.3, -0.25) is 0 Å². The summed E-state index contributed by atoms with van der Waals surface area (Å²) in [5, 5.41) is 0.452. The van der Waals surface area contributed by atoms with E-state index in [1.165, 1.54) is 18.2 Å². The third-order valence-electron chi connectivity index (χ3n) is 6.52. The minimum Gasteiger partial charge on any atom is -0.486 e. The van der Waals surface area contributed by atoms with E-state index < -0.39 is 30.0 Å². The number of quaternary nitrogens is 1. The van der Waals surface area contributed by atoms with E-state index in [0.717, 1.165) is 6.07 Å². The van der Waals surface area contributed by atoms with Crippen molar-refractivity contribution in [2.24, 2.45) is 5.73 Å². The zero-order valence-corrected chi connectivity index (χ0v) is 19.8. The molecule has 3 aromatic rings. The summed E-state index contributed by atoms with van der Waals surface area (Å²) in [6.45, 7) is 1.14. The lowest BCUT2D eigenvalue weighted by atomic mass is 9.95. The van der Waals surface area contributed by atoms with E-state index in [1.807, 2.05) is 0 Å². The van der Waals surface area contributed by atoms with Gasteiger partial charge in [-0.15, -0.1) is 0 Å². The number of hydrogen-bond acceptors (Lipinski definition) is 4. The first kappa shape index (κ1) is 24.4. The predicted octanol–water partition coefficient (Wildman–Crippen LogP) is 5.70. The van der Waals surface area contributed by atoms with Gasteiger partial charge in [-0.05, 0) is 35.4 Å². The van der Waals surface area contributed by atoms with Crippen molar-refractivity contribution >= 4 is 23.3 Å². The number of halogens is 4. The van der Waals surface area contributed by atoms with Crippen LogP contribution >= 0.6 is 11.6 Å². The SMILES string of the molecule is NC(=O)[N+]1(c2ccc3c(c2)OCCO3)CC(OC(c2ccc(Cl)cc2)c2ccccc2C(F)(F)F)C1. The zero-order chi connectivity index (χ0) is 25.5. The normalized spacial score (nSPS) is 21.9. The lowest BCUT2D eigenvalue weighted by Gasteiger charge is -2.46. The molecule has 0 aromatic heterocycles. The molecule has 1 unspecified atom stereocenters. The van der Waals surface area contributed by atoms with Gasteiger partial charge in [-0.2, -0.15) is 13.2 Å². The summed E-state index contributed by atoms with van der Waals surface area (Å²) < 4.78 is 58.8.